The molecule has 1 fully saturated rings. The number of hydrogen-bond donors (Lipinski definition) is 0. The number of amides is 1. The molecule has 2 heterocycles. The van der Waals surface area contributed by atoms with Gasteiger partial charge < -0.3 is 9.80 Å². The van der Waals surface area contributed by atoms with Crippen molar-refractivity contribution in [2.24, 2.45) is 0 Å². The van der Waals surface area contributed by atoms with Crippen LogP contribution < -0.4 is 4.90 Å². The Morgan fingerprint density at radius 1 is 0.815 bits per heavy atom. The molecular formula is C22H22N4O. The quantitative estimate of drug-likeness (QED) is 0.720. The molecule has 0 aliphatic carbocycles. The van der Waals surface area contributed by atoms with E-state index in [4.69, 9.17) is 0 Å². The summed E-state index contributed by atoms with van der Waals surface area (Å²) in [6.45, 7) is 4.97. The zero-order valence-electron chi connectivity index (χ0n) is 15.4. The number of carbonyl (C=O) groups is 1. The number of benzene rings is 2. The maximum absolute atomic E-state index is 12.5. The van der Waals surface area contributed by atoms with Crippen LogP contribution in [0.3, 0.4) is 0 Å². The molecule has 27 heavy (non-hydrogen) atoms. The first-order valence-electron chi connectivity index (χ1n) is 9.21. The SMILES string of the molecule is Cc1ccc(-c2ccc(N3CCN(C(=O)c4ccccc4)CC3)nn2)cc1. The van der Waals surface area contributed by atoms with Crippen LogP contribution in [-0.4, -0.2) is 47.2 Å². The van der Waals surface area contributed by atoms with Gasteiger partial charge in [0.2, 0.25) is 0 Å². The summed E-state index contributed by atoms with van der Waals surface area (Å²) in [7, 11) is 0. The van der Waals surface area contributed by atoms with E-state index in [2.05, 4.69) is 46.3 Å². The van der Waals surface area contributed by atoms with Gasteiger partial charge in [0.15, 0.2) is 5.82 Å². The molecule has 1 aromatic heterocycles. The van der Waals surface area contributed by atoms with Crippen LogP contribution >= 0.6 is 0 Å². The first-order valence-corrected chi connectivity index (χ1v) is 9.21. The third-order valence-corrected chi connectivity index (χ3v) is 4.91. The van der Waals surface area contributed by atoms with Crippen molar-refractivity contribution in [2.45, 2.75) is 6.92 Å². The Labute approximate surface area is 159 Å². The number of aryl methyl sites for hydroxylation is 1. The molecule has 0 unspecified atom stereocenters. The number of anilines is 1. The molecule has 0 spiro atoms. The summed E-state index contributed by atoms with van der Waals surface area (Å²) in [6, 6.07) is 21.7. The second kappa shape index (κ2) is 7.58. The third-order valence-electron chi connectivity index (χ3n) is 4.91. The van der Waals surface area contributed by atoms with Crippen molar-refractivity contribution in [1.82, 2.24) is 15.1 Å². The van der Waals surface area contributed by atoms with Crippen LogP contribution in [0, 0.1) is 6.92 Å². The van der Waals surface area contributed by atoms with Crippen LogP contribution in [-0.2, 0) is 0 Å². The van der Waals surface area contributed by atoms with Crippen molar-refractivity contribution in [1.29, 1.82) is 0 Å². The summed E-state index contributed by atoms with van der Waals surface area (Å²) >= 11 is 0. The Hall–Kier alpha value is -3.21. The molecule has 1 aliphatic heterocycles. The molecule has 4 rings (SSSR count). The van der Waals surface area contributed by atoms with Gasteiger partial charge in [-0.15, -0.1) is 10.2 Å². The van der Waals surface area contributed by atoms with Gasteiger partial charge in [0.05, 0.1) is 5.69 Å². The van der Waals surface area contributed by atoms with Gasteiger partial charge in [0, 0.05) is 37.3 Å². The van der Waals surface area contributed by atoms with Gasteiger partial charge in [-0.2, -0.15) is 0 Å². The Bertz CT molecular complexity index is 899. The Balaban J connectivity index is 1.39. The highest BCUT2D eigenvalue weighted by atomic mass is 16.2. The normalized spacial score (nSPS) is 14.3. The lowest BCUT2D eigenvalue weighted by atomic mass is 10.1. The molecule has 0 atom stereocenters. The van der Waals surface area contributed by atoms with E-state index in [-0.39, 0.29) is 5.91 Å². The van der Waals surface area contributed by atoms with E-state index in [1.54, 1.807) is 0 Å². The van der Waals surface area contributed by atoms with Gasteiger partial charge in [-0.25, -0.2) is 0 Å². The van der Waals surface area contributed by atoms with Crippen molar-refractivity contribution in [3.8, 4) is 11.3 Å². The fraction of sp³-hybridized carbons (Fsp3) is 0.227. The number of nitrogens with zero attached hydrogens (tertiary/aromatic N) is 4. The summed E-state index contributed by atoms with van der Waals surface area (Å²) < 4.78 is 0. The second-order valence-electron chi connectivity index (χ2n) is 6.79. The van der Waals surface area contributed by atoms with Crippen molar-refractivity contribution in [3.05, 3.63) is 77.9 Å². The zero-order valence-corrected chi connectivity index (χ0v) is 15.4. The minimum atomic E-state index is 0.0936. The molecule has 0 bridgehead atoms. The lowest BCUT2D eigenvalue weighted by molar-refractivity contribution is 0.0746. The fourth-order valence-corrected chi connectivity index (χ4v) is 3.27. The average Bonchev–Trinajstić information content (AvgIpc) is 2.75. The highest BCUT2D eigenvalue weighted by Crippen LogP contribution is 2.20. The van der Waals surface area contributed by atoms with Crippen molar-refractivity contribution >= 4 is 11.7 Å². The molecule has 5 heteroatoms. The van der Waals surface area contributed by atoms with Crippen molar-refractivity contribution in [3.63, 3.8) is 0 Å². The molecular weight excluding hydrogens is 336 g/mol. The zero-order chi connectivity index (χ0) is 18.6. The lowest BCUT2D eigenvalue weighted by Gasteiger charge is -2.35. The first-order chi connectivity index (χ1) is 13.2. The molecule has 1 amide bonds. The highest BCUT2D eigenvalue weighted by molar-refractivity contribution is 5.94. The van der Waals surface area contributed by atoms with Crippen LogP contribution in [0.4, 0.5) is 5.82 Å². The van der Waals surface area contributed by atoms with E-state index >= 15 is 0 Å². The second-order valence-corrected chi connectivity index (χ2v) is 6.79. The minimum Gasteiger partial charge on any atom is -0.352 e. The molecule has 0 radical (unpaired) electrons. The molecule has 1 saturated heterocycles. The van der Waals surface area contributed by atoms with E-state index in [9.17, 15) is 4.79 Å². The lowest BCUT2D eigenvalue weighted by Crippen LogP contribution is -2.49. The molecule has 3 aromatic rings. The van der Waals surface area contributed by atoms with E-state index in [0.29, 0.717) is 13.1 Å². The van der Waals surface area contributed by atoms with Crippen LogP contribution in [0.15, 0.2) is 66.7 Å². The Kier molecular flexibility index (Phi) is 4.83. The predicted molar refractivity (Wildman–Crippen MR) is 107 cm³/mol. The largest absolute Gasteiger partial charge is 0.352 e. The smallest absolute Gasteiger partial charge is 0.253 e. The first kappa shape index (κ1) is 17.2. The minimum absolute atomic E-state index is 0.0936. The van der Waals surface area contributed by atoms with Gasteiger partial charge in [-0.1, -0.05) is 48.0 Å². The van der Waals surface area contributed by atoms with Crippen molar-refractivity contribution in [2.75, 3.05) is 31.1 Å². The topological polar surface area (TPSA) is 49.3 Å². The molecule has 136 valence electrons. The number of carbonyl (C=O) groups excluding carboxylic acids is 1. The number of piperazine rings is 1. The third kappa shape index (κ3) is 3.82. The Morgan fingerprint density at radius 3 is 2.15 bits per heavy atom. The van der Waals surface area contributed by atoms with Gasteiger partial charge >= 0.3 is 0 Å². The molecule has 0 saturated carbocycles. The van der Waals surface area contributed by atoms with Gasteiger partial charge in [-0.3, -0.25) is 4.79 Å². The average molecular weight is 358 g/mol. The number of hydrogen-bond acceptors (Lipinski definition) is 4. The van der Waals surface area contributed by atoms with E-state index in [1.807, 2.05) is 47.4 Å². The summed E-state index contributed by atoms with van der Waals surface area (Å²) in [6.07, 6.45) is 0. The standard InChI is InChI=1S/C22H22N4O/c1-17-7-9-18(10-8-17)20-11-12-21(24-23-20)25-13-15-26(16-14-25)22(27)19-5-3-2-4-6-19/h2-12H,13-16H2,1H3. The maximum atomic E-state index is 12.5. The number of rotatable bonds is 3. The van der Waals surface area contributed by atoms with E-state index in [1.165, 1.54) is 5.56 Å². The van der Waals surface area contributed by atoms with E-state index in [0.717, 1.165) is 35.7 Å². The fourth-order valence-electron chi connectivity index (χ4n) is 3.27. The summed E-state index contributed by atoms with van der Waals surface area (Å²) in [5.41, 5.74) is 3.91. The van der Waals surface area contributed by atoms with Crippen LogP contribution in [0.1, 0.15) is 15.9 Å². The predicted octanol–water partition coefficient (Wildman–Crippen LogP) is 3.41. The van der Waals surface area contributed by atoms with Gasteiger partial charge in [0.25, 0.3) is 5.91 Å². The highest BCUT2D eigenvalue weighted by Gasteiger charge is 2.22. The van der Waals surface area contributed by atoms with Crippen LogP contribution in [0.25, 0.3) is 11.3 Å². The molecule has 0 N–H and O–H groups in total. The monoisotopic (exact) mass is 358 g/mol. The summed E-state index contributed by atoms with van der Waals surface area (Å²) in [4.78, 5) is 16.6. The molecule has 2 aromatic carbocycles. The molecule has 1 aliphatic rings. The van der Waals surface area contributed by atoms with Crippen molar-refractivity contribution < 1.29 is 4.79 Å². The summed E-state index contributed by atoms with van der Waals surface area (Å²) in [5, 5.41) is 8.79. The molecule has 5 nitrogen and oxygen atoms in total. The Morgan fingerprint density at radius 2 is 1.52 bits per heavy atom. The van der Waals surface area contributed by atoms with Gasteiger partial charge in [0.1, 0.15) is 0 Å². The summed E-state index contributed by atoms with van der Waals surface area (Å²) in [5.74, 6) is 0.953. The van der Waals surface area contributed by atoms with Gasteiger partial charge in [-0.05, 0) is 31.2 Å². The maximum Gasteiger partial charge on any atom is 0.253 e. The van der Waals surface area contributed by atoms with Crippen LogP contribution in [0.5, 0.6) is 0 Å². The van der Waals surface area contributed by atoms with Crippen LogP contribution in [0.2, 0.25) is 0 Å². The number of aromatic nitrogens is 2. The van der Waals surface area contributed by atoms with E-state index < -0.39 is 0 Å².